The van der Waals surface area contributed by atoms with Crippen LogP contribution in [-0.2, 0) is 5.41 Å². The molecule has 0 N–H and O–H groups in total. The molecule has 0 saturated heterocycles. The molecule has 0 aromatic carbocycles. The Morgan fingerprint density at radius 2 is 2.06 bits per heavy atom. The van der Waals surface area contributed by atoms with Gasteiger partial charge < -0.3 is 0 Å². The first-order valence-corrected chi connectivity index (χ1v) is 5.33. The van der Waals surface area contributed by atoms with E-state index in [9.17, 15) is 4.79 Å². The summed E-state index contributed by atoms with van der Waals surface area (Å²) in [6.07, 6.45) is 1.59. The summed E-state index contributed by atoms with van der Waals surface area (Å²) in [6, 6.07) is 4.79. The third-order valence-corrected chi connectivity index (χ3v) is 2.55. The minimum Gasteiger partial charge on any atom is -0.270 e. The lowest BCUT2D eigenvalue weighted by atomic mass is 9.92. The van der Waals surface area contributed by atoms with Crippen molar-refractivity contribution in [2.24, 2.45) is 0 Å². The van der Waals surface area contributed by atoms with Crippen LogP contribution in [0.1, 0.15) is 26.5 Å². The highest BCUT2D eigenvalue weighted by Crippen LogP contribution is 2.20. The number of rotatable bonds is 0. The topological polar surface area (TPSA) is 38.7 Å². The SMILES string of the molecule is [C-]#[N+]c1ccn2c(=O)cc(C(C)(C)C)nc2c1. The van der Waals surface area contributed by atoms with Gasteiger partial charge in [0.25, 0.3) is 5.56 Å². The summed E-state index contributed by atoms with van der Waals surface area (Å²) >= 11 is 0. The first kappa shape index (κ1) is 11.3. The van der Waals surface area contributed by atoms with Crippen molar-refractivity contribution in [3.8, 4) is 0 Å². The van der Waals surface area contributed by atoms with Crippen molar-refractivity contribution in [1.29, 1.82) is 0 Å². The van der Waals surface area contributed by atoms with Gasteiger partial charge in [-0.15, -0.1) is 0 Å². The van der Waals surface area contributed by atoms with Gasteiger partial charge >= 0.3 is 0 Å². The van der Waals surface area contributed by atoms with Crippen molar-refractivity contribution in [3.63, 3.8) is 0 Å². The summed E-state index contributed by atoms with van der Waals surface area (Å²) < 4.78 is 1.45. The van der Waals surface area contributed by atoms with Crippen LogP contribution < -0.4 is 5.56 Å². The molecular weight excluding hydrogens is 214 g/mol. The van der Waals surface area contributed by atoms with Crippen LogP contribution >= 0.6 is 0 Å². The molecule has 2 aromatic heterocycles. The van der Waals surface area contributed by atoms with E-state index in [1.807, 2.05) is 20.8 Å². The minimum absolute atomic E-state index is 0.114. The van der Waals surface area contributed by atoms with Crippen LogP contribution in [0, 0.1) is 6.57 Å². The molecule has 4 nitrogen and oxygen atoms in total. The third-order valence-electron chi connectivity index (χ3n) is 2.55. The fraction of sp³-hybridized carbons (Fsp3) is 0.308. The quantitative estimate of drug-likeness (QED) is 0.649. The normalized spacial score (nSPS) is 11.4. The summed E-state index contributed by atoms with van der Waals surface area (Å²) in [7, 11) is 0. The van der Waals surface area contributed by atoms with Crippen LogP contribution in [0.3, 0.4) is 0 Å². The fourth-order valence-electron chi connectivity index (χ4n) is 1.55. The van der Waals surface area contributed by atoms with E-state index in [0.717, 1.165) is 5.69 Å². The molecule has 0 bridgehead atoms. The first-order valence-electron chi connectivity index (χ1n) is 5.33. The molecule has 0 aliphatic carbocycles. The Bertz CT molecular complexity index is 672. The largest absolute Gasteiger partial charge is 0.270 e. The second-order valence-corrected chi connectivity index (χ2v) is 4.95. The Balaban J connectivity index is 2.80. The van der Waals surface area contributed by atoms with Crippen LogP contribution in [0.4, 0.5) is 5.69 Å². The van der Waals surface area contributed by atoms with E-state index in [-0.39, 0.29) is 11.0 Å². The molecule has 86 valence electrons. The van der Waals surface area contributed by atoms with Crippen LogP contribution in [0.25, 0.3) is 10.5 Å². The molecule has 0 unspecified atom stereocenters. The Morgan fingerprint density at radius 3 is 2.65 bits per heavy atom. The number of hydrogen-bond acceptors (Lipinski definition) is 2. The third kappa shape index (κ3) is 2.04. The molecule has 0 aliphatic rings. The Morgan fingerprint density at radius 1 is 1.35 bits per heavy atom. The number of pyridine rings is 1. The summed E-state index contributed by atoms with van der Waals surface area (Å²) in [6.45, 7) is 13.0. The van der Waals surface area contributed by atoms with Gasteiger partial charge in [-0.3, -0.25) is 9.20 Å². The maximum atomic E-state index is 11.9. The highest BCUT2D eigenvalue weighted by molar-refractivity contribution is 5.55. The zero-order valence-electron chi connectivity index (χ0n) is 10.1. The molecule has 0 radical (unpaired) electrons. The van der Waals surface area contributed by atoms with Gasteiger partial charge in [0.05, 0.1) is 12.3 Å². The predicted octanol–water partition coefficient (Wildman–Crippen LogP) is 2.54. The molecule has 0 atom stereocenters. The maximum absolute atomic E-state index is 11.9. The average molecular weight is 227 g/mol. The van der Waals surface area contributed by atoms with Gasteiger partial charge in [-0.2, -0.15) is 0 Å². The number of fused-ring (bicyclic) bond motifs is 1. The molecule has 0 fully saturated rings. The van der Waals surface area contributed by atoms with E-state index < -0.39 is 0 Å². The van der Waals surface area contributed by atoms with Crippen molar-refractivity contribution in [3.05, 3.63) is 51.9 Å². The van der Waals surface area contributed by atoms with E-state index >= 15 is 0 Å². The summed E-state index contributed by atoms with van der Waals surface area (Å²) in [5.41, 5.74) is 1.46. The summed E-state index contributed by atoms with van der Waals surface area (Å²) in [4.78, 5) is 19.7. The molecule has 2 heterocycles. The van der Waals surface area contributed by atoms with Gasteiger partial charge in [0.1, 0.15) is 5.65 Å². The maximum Gasteiger partial charge on any atom is 0.257 e. The molecular formula is C13H13N3O. The van der Waals surface area contributed by atoms with Crippen LogP contribution in [0.15, 0.2) is 29.2 Å². The van der Waals surface area contributed by atoms with Gasteiger partial charge in [0.15, 0.2) is 5.69 Å². The predicted molar refractivity (Wildman–Crippen MR) is 66.4 cm³/mol. The van der Waals surface area contributed by atoms with Crippen LogP contribution in [0.5, 0.6) is 0 Å². The minimum atomic E-state index is -0.179. The molecule has 0 amide bonds. The van der Waals surface area contributed by atoms with E-state index in [1.165, 1.54) is 4.40 Å². The highest BCUT2D eigenvalue weighted by Gasteiger charge is 2.17. The molecule has 17 heavy (non-hydrogen) atoms. The molecule has 0 aliphatic heterocycles. The lowest BCUT2D eigenvalue weighted by Gasteiger charge is -2.17. The summed E-state index contributed by atoms with van der Waals surface area (Å²) in [5, 5.41) is 0. The van der Waals surface area contributed by atoms with Crippen LogP contribution in [-0.4, -0.2) is 9.38 Å². The van der Waals surface area contributed by atoms with Crippen molar-refractivity contribution < 1.29 is 0 Å². The molecule has 4 heteroatoms. The van der Waals surface area contributed by atoms with Crippen molar-refractivity contribution in [2.45, 2.75) is 26.2 Å². The van der Waals surface area contributed by atoms with Gasteiger partial charge in [-0.25, -0.2) is 9.83 Å². The molecule has 2 rings (SSSR count). The first-order chi connectivity index (χ1) is 7.91. The number of nitrogens with zero attached hydrogens (tertiary/aromatic N) is 3. The summed E-state index contributed by atoms with van der Waals surface area (Å²) in [5.74, 6) is 0. The lowest BCUT2D eigenvalue weighted by molar-refractivity contribution is 0.567. The van der Waals surface area contributed by atoms with E-state index in [2.05, 4.69) is 9.83 Å². The smallest absolute Gasteiger partial charge is 0.257 e. The Kier molecular flexibility index (Phi) is 2.47. The molecule has 0 spiro atoms. The molecule has 2 aromatic rings. The average Bonchev–Trinajstić information content (AvgIpc) is 2.27. The fourth-order valence-corrected chi connectivity index (χ4v) is 1.55. The second-order valence-electron chi connectivity index (χ2n) is 4.95. The number of hydrogen-bond donors (Lipinski definition) is 0. The van der Waals surface area contributed by atoms with Gasteiger partial charge in [-0.05, 0) is 12.1 Å². The van der Waals surface area contributed by atoms with Gasteiger partial charge in [0.2, 0.25) is 0 Å². The second kappa shape index (κ2) is 3.70. The molecule has 0 saturated carbocycles. The highest BCUT2D eigenvalue weighted by atomic mass is 16.1. The van der Waals surface area contributed by atoms with Gasteiger partial charge in [0, 0.05) is 17.7 Å². The van der Waals surface area contributed by atoms with Crippen molar-refractivity contribution >= 4 is 11.3 Å². The van der Waals surface area contributed by atoms with Crippen molar-refractivity contribution in [1.82, 2.24) is 9.38 Å². The zero-order chi connectivity index (χ0) is 12.6. The van der Waals surface area contributed by atoms with E-state index in [0.29, 0.717) is 11.3 Å². The number of aromatic nitrogens is 2. The van der Waals surface area contributed by atoms with Gasteiger partial charge in [-0.1, -0.05) is 20.8 Å². The van der Waals surface area contributed by atoms with Crippen LogP contribution in [0.2, 0.25) is 0 Å². The van der Waals surface area contributed by atoms with E-state index in [4.69, 9.17) is 6.57 Å². The Hall–Kier alpha value is -2.15. The van der Waals surface area contributed by atoms with E-state index in [1.54, 1.807) is 24.4 Å². The Labute approximate surface area is 99.4 Å². The standard InChI is InChI=1S/C13H13N3O/c1-13(2,3)10-8-12(17)16-6-5-9(14-4)7-11(16)15-10/h5-8H,1-3H3. The zero-order valence-corrected chi connectivity index (χ0v) is 10.1. The monoisotopic (exact) mass is 227 g/mol. The lowest BCUT2D eigenvalue weighted by Crippen LogP contribution is -2.21. The van der Waals surface area contributed by atoms with Crippen molar-refractivity contribution in [2.75, 3.05) is 0 Å².